The van der Waals surface area contributed by atoms with E-state index in [4.69, 9.17) is 22.3 Å². The molecule has 0 saturated heterocycles. The van der Waals surface area contributed by atoms with Crippen molar-refractivity contribution in [2.75, 3.05) is 11.1 Å². The van der Waals surface area contributed by atoms with Crippen LogP contribution in [0.4, 0.5) is 5.69 Å². The second-order valence-corrected chi connectivity index (χ2v) is 8.66. The Morgan fingerprint density at radius 3 is 3.00 bits per heavy atom. The summed E-state index contributed by atoms with van der Waals surface area (Å²) >= 11 is 7.48. The number of anilines is 1. The van der Waals surface area contributed by atoms with E-state index in [-0.39, 0.29) is 11.4 Å². The molecule has 0 bridgehead atoms. The fraction of sp³-hybridized carbons (Fsp3) is 0.350. The zero-order valence-electron chi connectivity index (χ0n) is 15.0. The number of amidine groups is 1. The first-order chi connectivity index (χ1) is 13.0. The summed E-state index contributed by atoms with van der Waals surface area (Å²) in [4.78, 5) is 21.4. The molecule has 1 aromatic carbocycles. The van der Waals surface area contributed by atoms with Gasteiger partial charge in [-0.05, 0) is 67.5 Å². The Hall–Kier alpha value is -2.05. The molecule has 1 aliphatic heterocycles. The maximum Gasteiger partial charge on any atom is 0.274 e. The number of pyridine rings is 1. The molecule has 27 heavy (non-hydrogen) atoms. The number of aryl methyl sites for hydroxylation is 1. The minimum Gasteiger partial charge on any atom is -0.379 e. The standard InChI is InChI=1S/C20H21ClN4OS/c1-20-13(11-27-19(22)25-20)4-2-3-12-5-7-15(9-16(12)20)24-18(26)17-8-6-14(21)10-23-17/h5-10,13H,2-4,11H2,1H3,(H2,22,25)(H,24,26)/t13-,20+/m1/s1. The van der Waals surface area contributed by atoms with E-state index in [1.165, 1.54) is 11.8 Å². The number of amides is 1. The normalized spacial score (nSPS) is 24.2. The molecule has 3 N–H and O–H groups in total. The van der Waals surface area contributed by atoms with Crippen LogP contribution >= 0.6 is 23.4 Å². The van der Waals surface area contributed by atoms with Gasteiger partial charge in [0, 0.05) is 17.6 Å². The van der Waals surface area contributed by atoms with Gasteiger partial charge in [0.15, 0.2) is 5.17 Å². The molecule has 140 valence electrons. The summed E-state index contributed by atoms with van der Waals surface area (Å²) in [6.07, 6.45) is 4.76. The fourth-order valence-electron chi connectivity index (χ4n) is 3.93. The van der Waals surface area contributed by atoms with Crippen molar-refractivity contribution in [3.63, 3.8) is 0 Å². The number of carbonyl (C=O) groups excluding carboxylic acids is 1. The Balaban J connectivity index is 1.68. The zero-order chi connectivity index (χ0) is 19.0. The summed E-state index contributed by atoms with van der Waals surface area (Å²) in [6.45, 7) is 2.17. The molecule has 1 aromatic heterocycles. The maximum atomic E-state index is 12.5. The van der Waals surface area contributed by atoms with Crippen LogP contribution in [0, 0.1) is 5.92 Å². The van der Waals surface area contributed by atoms with Gasteiger partial charge < -0.3 is 11.1 Å². The topological polar surface area (TPSA) is 80.4 Å². The van der Waals surface area contributed by atoms with Crippen LogP contribution in [0.2, 0.25) is 5.02 Å². The van der Waals surface area contributed by atoms with Crippen molar-refractivity contribution in [3.8, 4) is 0 Å². The minimum absolute atomic E-state index is 0.260. The number of carbonyl (C=O) groups is 1. The highest BCUT2D eigenvalue weighted by Gasteiger charge is 2.41. The third-order valence-corrected chi connectivity index (χ3v) is 6.62. The lowest BCUT2D eigenvalue weighted by atomic mass is 9.79. The summed E-state index contributed by atoms with van der Waals surface area (Å²) in [5.41, 5.74) is 9.23. The number of nitrogens with one attached hydrogen (secondary N) is 1. The Bertz CT molecular complexity index is 915. The summed E-state index contributed by atoms with van der Waals surface area (Å²) in [5.74, 6) is 1.17. The Labute approximate surface area is 167 Å². The average molecular weight is 401 g/mol. The van der Waals surface area contributed by atoms with E-state index in [1.807, 2.05) is 12.1 Å². The second-order valence-electron chi connectivity index (χ2n) is 7.19. The molecular formula is C20H21ClN4OS. The van der Waals surface area contributed by atoms with Gasteiger partial charge in [-0.15, -0.1) is 0 Å². The first-order valence-electron chi connectivity index (χ1n) is 9.00. The SMILES string of the molecule is C[C@]12N=C(N)SC[C@H]1CCCc1ccc(NC(=O)c3ccc(Cl)cn3)cc12. The first-order valence-corrected chi connectivity index (χ1v) is 10.4. The monoisotopic (exact) mass is 400 g/mol. The third-order valence-electron chi connectivity index (χ3n) is 5.44. The van der Waals surface area contributed by atoms with Gasteiger partial charge >= 0.3 is 0 Å². The summed E-state index contributed by atoms with van der Waals surface area (Å²) in [7, 11) is 0. The lowest BCUT2D eigenvalue weighted by molar-refractivity contribution is 0.102. The molecule has 0 spiro atoms. The van der Waals surface area contributed by atoms with Gasteiger partial charge in [-0.25, -0.2) is 4.98 Å². The van der Waals surface area contributed by atoms with E-state index in [1.54, 1.807) is 23.9 Å². The first kappa shape index (κ1) is 18.3. The Morgan fingerprint density at radius 2 is 2.22 bits per heavy atom. The molecule has 1 amide bonds. The van der Waals surface area contributed by atoms with Gasteiger partial charge in [0.2, 0.25) is 0 Å². The van der Waals surface area contributed by atoms with E-state index in [0.29, 0.717) is 21.8 Å². The van der Waals surface area contributed by atoms with Crippen LogP contribution in [-0.4, -0.2) is 21.8 Å². The van der Waals surface area contributed by atoms with E-state index >= 15 is 0 Å². The van der Waals surface area contributed by atoms with Gasteiger partial charge in [-0.3, -0.25) is 9.79 Å². The highest BCUT2D eigenvalue weighted by molar-refractivity contribution is 8.13. The molecule has 5 nitrogen and oxygen atoms in total. The van der Waals surface area contributed by atoms with Crippen molar-refractivity contribution in [2.45, 2.75) is 31.7 Å². The van der Waals surface area contributed by atoms with Gasteiger partial charge in [-0.2, -0.15) is 0 Å². The Kier molecular flexibility index (Phi) is 4.86. The number of hydrogen-bond acceptors (Lipinski definition) is 5. The van der Waals surface area contributed by atoms with E-state index in [9.17, 15) is 4.79 Å². The van der Waals surface area contributed by atoms with Crippen LogP contribution in [-0.2, 0) is 12.0 Å². The number of aromatic nitrogens is 1. The summed E-state index contributed by atoms with van der Waals surface area (Å²) in [5, 5.41) is 4.08. The molecule has 2 heterocycles. The number of fused-ring (bicyclic) bond motifs is 3. The second kappa shape index (κ2) is 7.17. The quantitative estimate of drug-likeness (QED) is 0.790. The number of halogens is 1. The molecular weight excluding hydrogens is 380 g/mol. The number of hydrogen-bond donors (Lipinski definition) is 2. The zero-order valence-corrected chi connectivity index (χ0v) is 16.6. The predicted molar refractivity (Wildman–Crippen MR) is 112 cm³/mol. The number of benzene rings is 1. The largest absolute Gasteiger partial charge is 0.379 e. The maximum absolute atomic E-state index is 12.5. The number of nitrogens with two attached hydrogens (primary N) is 1. The fourth-order valence-corrected chi connectivity index (χ4v) is 5.16. The molecule has 2 atom stereocenters. The molecule has 0 radical (unpaired) electrons. The number of aliphatic imine (C=N–C) groups is 1. The molecule has 0 unspecified atom stereocenters. The average Bonchev–Trinajstić information content (AvgIpc) is 2.78. The van der Waals surface area contributed by atoms with Crippen molar-refractivity contribution in [1.29, 1.82) is 0 Å². The third kappa shape index (κ3) is 3.56. The van der Waals surface area contributed by atoms with Crippen molar-refractivity contribution in [1.82, 2.24) is 4.98 Å². The van der Waals surface area contributed by atoms with E-state index < -0.39 is 0 Å². The van der Waals surface area contributed by atoms with Crippen molar-refractivity contribution in [3.05, 3.63) is 58.4 Å². The highest BCUT2D eigenvalue weighted by atomic mass is 35.5. The molecule has 0 saturated carbocycles. The summed E-state index contributed by atoms with van der Waals surface area (Å²) in [6, 6.07) is 9.36. The minimum atomic E-state index is -0.347. The summed E-state index contributed by atoms with van der Waals surface area (Å²) < 4.78 is 0. The molecule has 2 aromatic rings. The predicted octanol–water partition coefficient (Wildman–Crippen LogP) is 4.22. The van der Waals surface area contributed by atoms with E-state index in [0.717, 1.165) is 36.3 Å². The number of rotatable bonds is 2. The smallest absolute Gasteiger partial charge is 0.274 e. The van der Waals surface area contributed by atoms with Crippen LogP contribution in [0.1, 0.15) is 41.4 Å². The molecule has 2 aliphatic rings. The van der Waals surface area contributed by atoms with Gasteiger partial charge in [0.1, 0.15) is 5.69 Å². The number of nitrogens with zero attached hydrogens (tertiary/aromatic N) is 2. The number of thioether (sulfide) groups is 1. The van der Waals surface area contributed by atoms with Crippen molar-refractivity contribution >= 4 is 40.1 Å². The highest BCUT2D eigenvalue weighted by Crippen LogP contribution is 2.46. The van der Waals surface area contributed by atoms with Gasteiger partial charge in [0.25, 0.3) is 5.91 Å². The van der Waals surface area contributed by atoms with Crippen LogP contribution in [0.3, 0.4) is 0 Å². The van der Waals surface area contributed by atoms with Crippen LogP contribution < -0.4 is 11.1 Å². The molecule has 4 rings (SSSR count). The van der Waals surface area contributed by atoms with Gasteiger partial charge in [0.05, 0.1) is 10.6 Å². The lowest BCUT2D eigenvalue weighted by Crippen LogP contribution is -2.37. The van der Waals surface area contributed by atoms with Crippen molar-refractivity contribution < 1.29 is 4.79 Å². The van der Waals surface area contributed by atoms with Crippen LogP contribution in [0.5, 0.6) is 0 Å². The van der Waals surface area contributed by atoms with Crippen LogP contribution in [0.15, 0.2) is 41.5 Å². The van der Waals surface area contributed by atoms with Gasteiger partial charge in [-0.1, -0.05) is 29.4 Å². The van der Waals surface area contributed by atoms with Crippen LogP contribution in [0.25, 0.3) is 0 Å². The Morgan fingerprint density at radius 1 is 1.37 bits per heavy atom. The molecule has 0 fully saturated rings. The molecule has 1 aliphatic carbocycles. The van der Waals surface area contributed by atoms with E-state index in [2.05, 4.69) is 23.3 Å². The molecule has 7 heteroatoms. The van der Waals surface area contributed by atoms with Crippen molar-refractivity contribution in [2.24, 2.45) is 16.6 Å². The lowest BCUT2D eigenvalue weighted by Gasteiger charge is -2.37.